The molecule has 1 aromatic heterocycles. The highest BCUT2D eigenvalue weighted by atomic mass is 16.4. The molecule has 1 aromatic rings. The van der Waals surface area contributed by atoms with E-state index >= 15 is 0 Å². The van der Waals surface area contributed by atoms with E-state index in [1.165, 1.54) is 25.7 Å². The molecule has 18 heavy (non-hydrogen) atoms. The van der Waals surface area contributed by atoms with Gasteiger partial charge in [0.05, 0.1) is 5.69 Å². The SMILES string of the molecule is CC1CCc2c(C(=O)O)nc(C3CCCC3)n2C1. The zero-order chi connectivity index (χ0) is 12.7. The number of aromatic nitrogens is 2. The maximum atomic E-state index is 11.3. The molecule has 2 aliphatic rings. The smallest absolute Gasteiger partial charge is 0.356 e. The Balaban J connectivity index is 2.05. The Hall–Kier alpha value is -1.32. The van der Waals surface area contributed by atoms with Gasteiger partial charge in [0.25, 0.3) is 0 Å². The van der Waals surface area contributed by atoms with E-state index in [1.807, 2.05) is 0 Å². The summed E-state index contributed by atoms with van der Waals surface area (Å²) in [6.45, 7) is 3.18. The third-order valence-electron chi connectivity index (χ3n) is 4.39. The van der Waals surface area contributed by atoms with Crippen molar-refractivity contribution in [3.8, 4) is 0 Å². The van der Waals surface area contributed by atoms with Gasteiger partial charge in [-0.1, -0.05) is 19.8 Å². The summed E-state index contributed by atoms with van der Waals surface area (Å²) in [5, 5.41) is 9.29. The second kappa shape index (κ2) is 4.41. The largest absolute Gasteiger partial charge is 0.476 e. The van der Waals surface area contributed by atoms with Gasteiger partial charge in [0.2, 0.25) is 0 Å². The fourth-order valence-electron chi connectivity index (χ4n) is 3.42. The minimum atomic E-state index is -0.863. The van der Waals surface area contributed by atoms with Crippen molar-refractivity contribution in [2.24, 2.45) is 5.92 Å². The van der Waals surface area contributed by atoms with E-state index < -0.39 is 5.97 Å². The predicted molar refractivity (Wildman–Crippen MR) is 67.9 cm³/mol. The van der Waals surface area contributed by atoms with Crippen LogP contribution in [-0.4, -0.2) is 20.6 Å². The fraction of sp³-hybridized carbons (Fsp3) is 0.714. The maximum absolute atomic E-state index is 11.3. The van der Waals surface area contributed by atoms with Crippen LogP contribution in [0.1, 0.15) is 67.0 Å². The molecule has 1 unspecified atom stereocenters. The van der Waals surface area contributed by atoms with Crippen LogP contribution in [0.4, 0.5) is 0 Å². The number of rotatable bonds is 2. The summed E-state index contributed by atoms with van der Waals surface area (Å²) in [4.78, 5) is 15.8. The van der Waals surface area contributed by atoms with E-state index in [-0.39, 0.29) is 0 Å². The van der Waals surface area contributed by atoms with Crippen LogP contribution in [0.3, 0.4) is 0 Å². The van der Waals surface area contributed by atoms with Crippen LogP contribution in [0.15, 0.2) is 0 Å². The number of imidazole rings is 1. The Morgan fingerprint density at radius 2 is 2.06 bits per heavy atom. The van der Waals surface area contributed by atoms with Crippen LogP contribution in [0, 0.1) is 5.92 Å². The van der Waals surface area contributed by atoms with Gasteiger partial charge in [-0.25, -0.2) is 9.78 Å². The van der Waals surface area contributed by atoms with Gasteiger partial charge in [-0.3, -0.25) is 0 Å². The summed E-state index contributed by atoms with van der Waals surface area (Å²) in [6.07, 6.45) is 6.79. The maximum Gasteiger partial charge on any atom is 0.356 e. The first-order valence-electron chi connectivity index (χ1n) is 6.99. The first kappa shape index (κ1) is 11.8. The van der Waals surface area contributed by atoms with E-state index in [1.54, 1.807) is 0 Å². The second-order valence-corrected chi connectivity index (χ2v) is 5.81. The number of nitrogens with zero attached hydrogens (tertiary/aromatic N) is 2. The number of hydrogen-bond acceptors (Lipinski definition) is 2. The average Bonchev–Trinajstić information content (AvgIpc) is 2.93. The molecule has 1 aliphatic carbocycles. The van der Waals surface area contributed by atoms with Gasteiger partial charge in [-0.2, -0.15) is 0 Å². The van der Waals surface area contributed by atoms with Gasteiger partial charge in [0.1, 0.15) is 5.82 Å². The van der Waals surface area contributed by atoms with Crippen LogP contribution in [0.2, 0.25) is 0 Å². The quantitative estimate of drug-likeness (QED) is 0.875. The van der Waals surface area contributed by atoms with E-state index in [4.69, 9.17) is 0 Å². The standard InChI is InChI=1S/C14H20N2O2/c1-9-6-7-11-12(14(17)18)15-13(16(11)8-9)10-4-2-3-5-10/h9-10H,2-8H2,1H3,(H,17,18). The number of carboxylic acid groups (broad SMARTS) is 1. The third kappa shape index (κ3) is 1.84. The Morgan fingerprint density at radius 1 is 1.33 bits per heavy atom. The molecule has 1 atom stereocenters. The summed E-state index contributed by atoms with van der Waals surface area (Å²) in [6, 6.07) is 0. The predicted octanol–water partition coefficient (Wildman–Crippen LogP) is 2.82. The average molecular weight is 248 g/mol. The lowest BCUT2D eigenvalue weighted by molar-refractivity contribution is 0.0689. The summed E-state index contributed by atoms with van der Waals surface area (Å²) in [5.74, 6) is 1.31. The molecule has 3 rings (SSSR count). The lowest BCUT2D eigenvalue weighted by Crippen LogP contribution is -2.21. The van der Waals surface area contributed by atoms with Crippen LogP contribution in [-0.2, 0) is 13.0 Å². The second-order valence-electron chi connectivity index (χ2n) is 5.81. The van der Waals surface area contributed by atoms with Gasteiger partial charge in [0, 0.05) is 12.5 Å². The van der Waals surface area contributed by atoms with Crippen LogP contribution < -0.4 is 0 Å². The Labute approximate surface area is 107 Å². The zero-order valence-electron chi connectivity index (χ0n) is 10.9. The topological polar surface area (TPSA) is 55.1 Å². The Bertz CT molecular complexity index is 472. The first-order valence-corrected chi connectivity index (χ1v) is 6.99. The number of carboxylic acids is 1. The fourth-order valence-corrected chi connectivity index (χ4v) is 3.42. The Morgan fingerprint density at radius 3 is 2.72 bits per heavy atom. The monoisotopic (exact) mass is 248 g/mol. The van der Waals surface area contributed by atoms with E-state index in [0.29, 0.717) is 17.5 Å². The molecular weight excluding hydrogens is 228 g/mol. The molecule has 0 aromatic carbocycles. The van der Waals surface area contributed by atoms with Gasteiger partial charge in [-0.05, 0) is 31.6 Å². The molecule has 2 heterocycles. The number of carbonyl (C=O) groups is 1. The van der Waals surface area contributed by atoms with Crippen molar-refractivity contribution >= 4 is 5.97 Å². The molecular formula is C14H20N2O2. The molecule has 1 aliphatic heterocycles. The molecule has 4 heteroatoms. The summed E-state index contributed by atoms with van der Waals surface area (Å²) < 4.78 is 2.22. The number of fused-ring (bicyclic) bond motifs is 1. The van der Waals surface area contributed by atoms with Gasteiger partial charge in [0.15, 0.2) is 5.69 Å². The van der Waals surface area contributed by atoms with Gasteiger partial charge >= 0.3 is 5.97 Å². The summed E-state index contributed by atoms with van der Waals surface area (Å²) in [5.41, 5.74) is 1.27. The number of aromatic carboxylic acids is 1. The zero-order valence-corrected chi connectivity index (χ0v) is 10.9. The molecule has 1 saturated carbocycles. The number of hydrogen-bond donors (Lipinski definition) is 1. The van der Waals surface area contributed by atoms with Gasteiger partial charge < -0.3 is 9.67 Å². The van der Waals surface area contributed by atoms with E-state index in [2.05, 4.69) is 16.5 Å². The molecule has 0 saturated heterocycles. The van der Waals surface area contributed by atoms with Crippen molar-refractivity contribution < 1.29 is 9.90 Å². The highest BCUT2D eigenvalue weighted by molar-refractivity contribution is 5.87. The minimum absolute atomic E-state index is 0.309. The van der Waals surface area contributed by atoms with Crippen molar-refractivity contribution in [1.82, 2.24) is 9.55 Å². The first-order chi connectivity index (χ1) is 8.66. The highest BCUT2D eigenvalue weighted by Gasteiger charge is 2.30. The van der Waals surface area contributed by atoms with E-state index in [9.17, 15) is 9.90 Å². The van der Waals surface area contributed by atoms with Crippen molar-refractivity contribution in [3.05, 3.63) is 17.2 Å². The van der Waals surface area contributed by atoms with Crippen molar-refractivity contribution in [1.29, 1.82) is 0 Å². The van der Waals surface area contributed by atoms with Crippen LogP contribution >= 0.6 is 0 Å². The molecule has 4 nitrogen and oxygen atoms in total. The molecule has 0 spiro atoms. The molecule has 0 amide bonds. The van der Waals surface area contributed by atoms with E-state index in [0.717, 1.165) is 30.9 Å². The molecule has 1 fully saturated rings. The van der Waals surface area contributed by atoms with Crippen molar-refractivity contribution in [3.63, 3.8) is 0 Å². The van der Waals surface area contributed by atoms with Crippen LogP contribution in [0.5, 0.6) is 0 Å². The lowest BCUT2D eigenvalue weighted by Gasteiger charge is -2.24. The molecule has 0 radical (unpaired) electrons. The highest BCUT2D eigenvalue weighted by Crippen LogP contribution is 2.36. The van der Waals surface area contributed by atoms with Crippen LogP contribution in [0.25, 0.3) is 0 Å². The Kier molecular flexibility index (Phi) is 2.88. The summed E-state index contributed by atoms with van der Waals surface area (Å²) >= 11 is 0. The lowest BCUT2D eigenvalue weighted by atomic mass is 9.98. The molecule has 0 bridgehead atoms. The van der Waals surface area contributed by atoms with Crippen molar-refractivity contribution in [2.75, 3.05) is 0 Å². The molecule has 1 N–H and O–H groups in total. The third-order valence-corrected chi connectivity index (χ3v) is 4.39. The van der Waals surface area contributed by atoms with Crippen molar-refractivity contribution in [2.45, 2.75) is 57.9 Å². The van der Waals surface area contributed by atoms with Gasteiger partial charge in [-0.15, -0.1) is 0 Å². The summed E-state index contributed by atoms with van der Waals surface area (Å²) in [7, 11) is 0. The molecule has 98 valence electrons. The normalized spacial score (nSPS) is 24.2. The minimum Gasteiger partial charge on any atom is -0.476 e.